The van der Waals surface area contributed by atoms with E-state index in [1.165, 1.54) is 13.2 Å². The van der Waals surface area contributed by atoms with Crippen molar-refractivity contribution in [2.24, 2.45) is 0 Å². The first-order valence-electron chi connectivity index (χ1n) is 11.4. The summed E-state index contributed by atoms with van der Waals surface area (Å²) < 4.78 is 10.3. The standard InChI is InChI=1S/C26H36N2O6/c1-6-20-21(16-24(31)28(12-7-15-33-4)14-13-27(2)3)25(23(30)17-22(20)29)26(32)18-8-10-19(34-5)11-9-18/h8-11,17,29-30H,6-7,12-16H2,1-5H3. The number of ether oxygens (including phenoxy) is 2. The Morgan fingerprint density at radius 3 is 2.18 bits per heavy atom. The smallest absolute Gasteiger partial charge is 0.227 e. The van der Waals surface area contributed by atoms with E-state index in [1.807, 2.05) is 25.9 Å². The second kappa shape index (κ2) is 13.0. The molecule has 0 spiro atoms. The van der Waals surface area contributed by atoms with Crippen LogP contribution in [-0.2, 0) is 22.4 Å². The highest BCUT2D eigenvalue weighted by Crippen LogP contribution is 2.35. The quantitative estimate of drug-likeness (QED) is 0.342. The van der Waals surface area contributed by atoms with Gasteiger partial charge >= 0.3 is 0 Å². The van der Waals surface area contributed by atoms with E-state index in [2.05, 4.69) is 0 Å². The molecule has 186 valence electrons. The molecule has 0 heterocycles. The fourth-order valence-electron chi connectivity index (χ4n) is 3.82. The number of rotatable bonds is 13. The molecular weight excluding hydrogens is 436 g/mol. The lowest BCUT2D eigenvalue weighted by atomic mass is 9.89. The molecular formula is C26H36N2O6. The Morgan fingerprint density at radius 1 is 0.941 bits per heavy atom. The van der Waals surface area contributed by atoms with Crippen LogP contribution in [0.1, 0.15) is 40.4 Å². The Kier molecular flexibility index (Phi) is 10.3. The van der Waals surface area contributed by atoms with Gasteiger partial charge in [0, 0.05) is 45.0 Å². The predicted molar refractivity (Wildman–Crippen MR) is 131 cm³/mol. The van der Waals surface area contributed by atoms with E-state index in [4.69, 9.17) is 9.47 Å². The number of carbonyl (C=O) groups is 2. The molecule has 2 aromatic rings. The van der Waals surface area contributed by atoms with Gasteiger partial charge in [-0.15, -0.1) is 0 Å². The van der Waals surface area contributed by atoms with E-state index in [9.17, 15) is 19.8 Å². The molecule has 0 saturated heterocycles. The molecule has 0 unspecified atom stereocenters. The molecule has 0 saturated carbocycles. The summed E-state index contributed by atoms with van der Waals surface area (Å²) in [5.74, 6) is -0.479. The lowest BCUT2D eigenvalue weighted by molar-refractivity contribution is -0.130. The van der Waals surface area contributed by atoms with Crippen molar-refractivity contribution < 1.29 is 29.3 Å². The average molecular weight is 473 g/mol. The topological polar surface area (TPSA) is 99.5 Å². The Bertz CT molecular complexity index is 972. The maximum Gasteiger partial charge on any atom is 0.227 e. The number of aromatic hydroxyl groups is 2. The summed E-state index contributed by atoms with van der Waals surface area (Å²) in [6.45, 7) is 4.07. The summed E-state index contributed by atoms with van der Waals surface area (Å²) in [7, 11) is 7.03. The minimum absolute atomic E-state index is 0.0395. The van der Waals surface area contributed by atoms with Gasteiger partial charge in [0.25, 0.3) is 0 Å². The zero-order chi connectivity index (χ0) is 25.3. The molecule has 0 aliphatic carbocycles. The second-order valence-corrected chi connectivity index (χ2v) is 8.37. The van der Waals surface area contributed by atoms with Crippen LogP contribution >= 0.6 is 0 Å². The Hall–Kier alpha value is -3.10. The lowest BCUT2D eigenvalue weighted by Crippen LogP contribution is -2.39. The molecule has 8 heteroatoms. The van der Waals surface area contributed by atoms with Crippen molar-refractivity contribution in [2.75, 3.05) is 54.6 Å². The van der Waals surface area contributed by atoms with E-state index in [-0.39, 0.29) is 29.4 Å². The highest BCUT2D eigenvalue weighted by Gasteiger charge is 2.26. The largest absolute Gasteiger partial charge is 0.508 e. The number of ketones is 1. The van der Waals surface area contributed by atoms with Gasteiger partial charge in [-0.1, -0.05) is 6.92 Å². The first kappa shape index (κ1) is 27.1. The molecule has 0 fully saturated rings. The van der Waals surface area contributed by atoms with Crippen LogP contribution in [0.2, 0.25) is 0 Å². The molecule has 0 radical (unpaired) electrons. The predicted octanol–water partition coefficient (Wildman–Crippen LogP) is 2.87. The second-order valence-electron chi connectivity index (χ2n) is 8.37. The van der Waals surface area contributed by atoms with Crippen molar-refractivity contribution in [3.8, 4) is 17.2 Å². The first-order chi connectivity index (χ1) is 16.2. The number of phenolic OH excluding ortho intramolecular Hbond substituents is 2. The van der Waals surface area contributed by atoms with Gasteiger partial charge < -0.3 is 29.5 Å². The van der Waals surface area contributed by atoms with Crippen molar-refractivity contribution in [1.82, 2.24) is 9.80 Å². The number of carbonyl (C=O) groups excluding carboxylic acids is 2. The van der Waals surface area contributed by atoms with Crippen LogP contribution in [0.4, 0.5) is 0 Å². The molecule has 0 aliphatic rings. The van der Waals surface area contributed by atoms with Crippen LogP contribution in [-0.4, -0.2) is 86.3 Å². The Morgan fingerprint density at radius 2 is 1.62 bits per heavy atom. The van der Waals surface area contributed by atoms with E-state index in [0.29, 0.717) is 61.5 Å². The van der Waals surface area contributed by atoms with E-state index < -0.39 is 5.78 Å². The van der Waals surface area contributed by atoms with Crippen LogP contribution in [0.3, 0.4) is 0 Å². The molecule has 2 N–H and O–H groups in total. The summed E-state index contributed by atoms with van der Waals surface area (Å²) >= 11 is 0. The van der Waals surface area contributed by atoms with E-state index in [0.717, 1.165) is 0 Å². The number of nitrogens with zero attached hydrogens (tertiary/aromatic N) is 2. The molecule has 0 atom stereocenters. The van der Waals surface area contributed by atoms with Crippen LogP contribution in [0.5, 0.6) is 17.2 Å². The third-order valence-electron chi connectivity index (χ3n) is 5.71. The van der Waals surface area contributed by atoms with Crippen molar-refractivity contribution in [3.63, 3.8) is 0 Å². The molecule has 1 amide bonds. The zero-order valence-corrected chi connectivity index (χ0v) is 20.8. The molecule has 2 aromatic carbocycles. The van der Waals surface area contributed by atoms with Gasteiger partial charge in [0.05, 0.1) is 19.1 Å². The van der Waals surface area contributed by atoms with Crippen LogP contribution < -0.4 is 4.74 Å². The minimum atomic E-state index is -0.420. The number of methoxy groups -OCH3 is 2. The molecule has 0 bridgehead atoms. The zero-order valence-electron chi connectivity index (χ0n) is 20.8. The van der Waals surface area contributed by atoms with E-state index in [1.54, 1.807) is 36.3 Å². The Balaban J connectivity index is 2.46. The first-order valence-corrected chi connectivity index (χ1v) is 11.4. The lowest BCUT2D eigenvalue weighted by Gasteiger charge is -2.26. The summed E-state index contributed by atoms with van der Waals surface area (Å²) in [5, 5.41) is 21.2. The monoisotopic (exact) mass is 472 g/mol. The number of hydrogen-bond acceptors (Lipinski definition) is 7. The summed E-state index contributed by atoms with van der Waals surface area (Å²) in [6, 6.07) is 7.72. The number of benzene rings is 2. The van der Waals surface area contributed by atoms with Crippen LogP contribution in [0.15, 0.2) is 30.3 Å². The Labute approximate surface area is 201 Å². The third-order valence-corrected chi connectivity index (χ3v) is 5.71. The molecule has 0 aromatic heterocycles. The van der Waals surface area contributed by atoms with Gasteiger partial charge in [-0.05, 0) is 62.3 Å². The molecule has 2 rings (SSSR count). The summed E-state index contributed by atoms with van der Waals surface area (Å²) in [5.41, 5.74) is 1.22. The average Bonchev–Trinajstić information content (AvgIpc) is 2.80. The van der Waals surface area contributed by atoms with Gasteiger partial charge in [-0.2, -0.15) is 0 Å². The molecule has 0 aliphatic heterocycles. The van der Waals surface area contributed by atoms with Crippen molar-refractivity contribution >= 4 is 11.7 Å². The summed E-state index contributed by atoms with van der Waals surface area (Å²) in [4.78, 5) is 30.5. The van der Waals surface area contributed by atoms with Gasteiger partial charge in [0.1, 0.15) is 17.2 Å². The number of phenols is 2. The van der Waals surface area contributed by atoms with Crippen LogP contribution in [0, 0.1) is 0 Å². The number of amides is 1. The highest BCUT2D eigenvalue weighted by atomic mass is 16.5. The van der Waals surface area contributed by atoms with E-state index >= 15 is 0 Å². The SMILES string of the molecule is CCc1c(O)cc(O)c(C(=O)c2ccc(OC)cc2)c1CC(=O)N(CCCOC)CCN(C)C. The summed E-state index contributed by atoms with van der Waals surface area (Å²) in [6.07, 6.45) is 0.973. The van der Waals surface area contributed by atoms with Gasteiger partial charge in [0.15, 0.2) is 5.78 Å². The fraction of sp³-hybridized carbons (Fsp3) is 0.462. The molecule has 34 heavy (non-hydrogen) atoms. The van der Waals surface area contributed by atoms with Crippen molar-refractivity contribution in [3.05, 3.63) is 52.6 Å². The maximum absolute atomic E-state index is 13.4. The number of likely N-dealkylation sites (N-methyl/N-ethyl adjacent to an activating group) is 1. The van der Waals surface area contributed by atoms with Gasteiger partial charge in [-0.3, -0.25) is 9.59 Å². The number of hydrogen-bond donors (Lipinski definition) is 2. The van der Waals surface area contributed by atoms with Crippen molar-refractivity contribution in [1.29, 1.82) is 0 Å². The fourth-order valence-corrected chi connectivity index (χ4v) is 3.82. The minimum Gasteiger partial charge on any atom is -0.508 e. The molecule has 8 nitrogen and oxygen atoms in total. The van der Waals surface area contributed by atoms with Gasteiger partial charge in [-0.25, -0.2) is 0 Å². The van der Waals surface area contributed by atoms with Crippen LogP contribution in [0.25, 0.3) is 0 Å². The normalized spacial score (nSPS) is 11.0. The van der Waals surface area contributed by atoms with Crippen molar-refractivity contribution in [2.45, 2.75) is 26.2 Å². The highest BCUT2D eigenvalue weighted by molar-refractivity contribution is 6.12. The maximum atomic E-state index is 13.4. The van der Waals surface area contributed by atoms with Gasteiger partial charge in [0.2, 0.25) is 5.91 Å². The third kappa shape index (κ3) is 6.95.